The second-order valence-corrected chi connectivity index (χ2v) is 4.34. The number of carbonyl (C=O) groups excluding carboxylic acids is 1. The first-order valence-electron chi connectivity index (χ1n) is 5.99. The van der Waals surface area contributed by atoms with Crippen molar-refractivity contribution >= 4 is 5.91 Å². The van der Waals surface area contributed by atoms with Gasteiger partial charge in [0.1, 0.15) is 6.61 Å². The topological polar surface area (TPSA) is 49.8 Å². The third kappa shape index (κ3) is 5.22. The predicted molar refractivity (Wildman–Crippen MR) is 57.9 cm³/mol. The van der Waals surface area contributed by atoms with Gasteiger partial charge in [-0.1, -0.05) is 0 Å². The smallest absolute Gasteiger partial charge is 0.394 e. The van der Waals surface area contributed by atoms with Gasteiger partial charge < -0.3 is 14.7 Å². The first-order valence-corrected chi connectivity index (χ1v) is 5.99. The summed E-state index contributed by atoms with van der Waals surface area (Å²) >= 11 is 0. The van der Waals surface area contributed by atoms with Gasteiger partial charge >= 0.3 is 6.18 Å². The number of nitrogens with zero attached hydrogens (tertiary/aromatic N) is 1. The number of aliphatic hydroxyl groups is 1. The summed E-state index contributed by atoms with van der Waals surface area (Å²) in [7, 11) is 0. The second kappa shape index (κ2) is 6.94. The average molecular weight is 269 g/mol. The molecule has 4 nitrogen and oxygen atoms in total. The monoisotopic (exact) mass is 269 g/mol. The van der Waals surface area contributed by atoms with Crippen LogP contribution in [0.15, 0.2) is 0 Å². The average Bonchev–Trinajstić information content (AvgIpc) is 2.33. The summed E-state index contributed by atoms with van der Waals surface area (Å²) in [5, 5.41) is 9.11. The van der Waals surface area contributed by atoms with Gasteiger partial charge in [0.25, 0.3) is 0 Å². The molecule has 1 aliphatic rings. The van der Waals surface area contributed by atoms with Crippen LogP contribution in [0.25, 0.3) is 0 Å². The Balaban J connectivity index is 2.27. The lowest BCUT2D eigenvalue weighted by Gasteiger charge is -2.34. The molecule has 7 heteroatoms. The van der Waals surface area contributed by atoms with Crippen molar-refractivity contribution < 1.29 is 27.8 Å². The van der Waals surface area contributed by atoms with E-state index < -0.39 is 12.8 Å². The van der Waals surface area contributed by atoms with E-state index in [1.807, 2.05) is 0 Å². The maximum absolute atomic E-state index is 11.8. The summed E-state index contributed by atoms with van der Waals surface area (Å²) in [4.78, 5) is 13.3. The lowest BCUT2D eigenvalue weighted by molar-refractivity contribution is -0.175. The Labute approximate surface area is 104 Å². The van der Waals surface area contributed by atoms with Gasteiger partial charge in [-0.3, -0.25) is 4.79 Å². The molecule has 1 fully saturated rings. The molecule has 1 N–H and O–H groups in total. The molecule has 18 heavy (non-hydrogen) atoms. The minimum atomic E-state index is -4.36. The largest absolute Gasteiger partial charge is 0.411 e. The highest BCUT2D eigenvalue weighted by Crippen LogP contribution is 2.18. The van der Waals surface area contributed by atoms with Gasteiger partial charge in [-0.2, -0.15) is 13.2 Å². The Bertz CT molecular complexity index is 271. The van der Waals surface area contributed by atoms with E-state index >= 15 is 0 Å². The minimum Gasteiger partial charge on any atom is -0.394 e. The summed E-state index contributed by atoms with van der Waals surface area (Å²) < 4.78 is 39.8. The molecule has 106 valence electrons. The van der Waals surface area contributed by atoms with Crippen LogP contribution in [-0.4, -0.2) is 54.5 Å². The normalized spacial score (nSPS) is 21.1. The number of piperidine rings is 1. The van der Waals surface area contributed by atoms with Crippen molar-refractivity contribution in [2.75, 3.05) is 26.4 Å². The molecule has 0 saturated carbocycles. The maximum Gasteiger partial charge on any atom is 0.411 e. The van der Waals surface area contributed by atoms with Crippen molar-refractivity contribution in [1.82, 2.24) is 4.90 Å². The number of hydrogen-bond acceptors (Lipinski definition) is 3. The van der Waals surface area contributed by atoms with Crippen LogP contribution >= 0.6 is 0 Å². The van der Waals surface area contributed by atoms with E-state index in [-0.39, 0.29) is 31.6 Å². The first kappa shape index (κ1) is 15.2. The summed E-state index contributed by atoms with van der Waals surface area (Å²) in [5.74, 6) is -0.254. The zero-order valence-corrected chi connectivity index (χ0v) is 10.1. The van der Waals surface area contributed by atoms with Crippen LogP contribution in [0.5, 0.6) is 0 Å². The van der Waals surface area contributed by atoms with Crippen molar-refractivity contribution in [3.63, 3.8) is 0 Å². The van der Waals surface area contributed by atoms with Crippen molar-refractivity contribution in [3.8, 4) is 0 Å². The summed E-state index contributed by atoms with van der Waals surface area (Å²) in [6, 6.07) is -0.200. The number of likely N-dealkylation sites (tertiary alicyclic amines) is 1. The van der Waals surface area contributed by atoms with Crippen LogP contribution in [0.1, 0.15) is 25.7 Å². The Hall–Kier alpha value is -0.820. The fourth-order valence-electron chi connectivity index (χ4n) is 2.01. The van der Waals surface area contributed by atoms with E-state index in [1.165, 1.54) is 0 Å². The van der Waals surface area contributed by atoms with Gasteiger partial charge in [0, 0.05) is 6.54 Å². The predicted octanol–water partition coefficient (Wildman–Crippen LogP) is 1.33. The first-order chi connectivity index (χ1) is 8.44. The van der Waals surface area contributed by atoms with Gasteiger partial charge in [-0.05, 0) is 19.3 Å². The molecule has 0 spiro atoms. The van der Waals surface area contributed by atoms with Crippen LogP contribution in [-0.2, 0) is 9.53 Å². The summed E-state index contributed by atoms with van der Waals surface area (Å²) in [6.45, 7) is -1.12. The van der Waals surface area contributed by atoms with Crippen LogP contribution < -0.4 is 0 Å². The van der Waals surface area contributed by atoms with Crippen molar-refractivity contribution in [2.45, 2.75) is 37.9 Å². The second-order valence-electron chi connectivity index (χ2n) is 4.34. The van der Waals surface area contributed by atoms with Crippen LogP contribution in [0.4, 0.5) is 13.2 Å². The van der Waals surface area contributed by atoms with Gasteiger partial charge in [0.05, 0.1) is 25.7 Å². The van der Waals surface area contributed by atoms with E-state index in [1.54, 1.807) is 4.90 Å². The minimum absolute atomic E-state index is 0.0768. The van der Waals surface area contributed by atoms with Crippen LogP contribution in [0.2, 0.25) is 0 Å². The summed E-state index contributed by atoms with van der Waals surface area (Å²) in [5.41, 5.74) is 0. The molecule has 0 aromatic heterocycles. The molecule has 0 aliphatic carbocycles. The van der Waals surface area contributed by atoms with E-state index in [0.717, 1.165) is 19.3 Å². The van der Waals surface area contributed by atoms with Crippen molar-refractivity contribution in [3.05, 3.63) is 0 Å². The molecule has 0 radical (unpaired) electrons. The molecule has 1 rings (SSSR count). The van der Waals surface area contributed by atoms with E-state index in [0.29, 0.717) is 6.54 Å². The summed E-state index contributed by atoms with van der Waals surface area (Å²) in [6.07, 6.45) is -1.87. The Morgan fingerprint density at radius 2 is 2.11 bits per heavy atom. The number of halogens is 3. The number of amides is 1. The third-order valence-corrected chi connectivity index (χ3v) is 2.88. The van der Waals surface area contributed by atoms with Gasteiger partial charge in [-0.15, -0.1) is 0 Å². The van der Waals surface area contributed by atoms with Gasteiger partial charge in [0.2, 0.25) is 5.91 Å². The molecular formula is C11H18F3NO3. The van der Waals surface area contributed by atoms with Crippen LogP contribution in [0, 0.1) is 0 Å². The molecule has 1 aliphatic heterocycles. The third-order valence-electron chi connectivity index (χ3n) is 2.88. The molecule has 0 aromatic rings. The number of alkyl halides is 3. The fraction of sp³-hybridized carbons (Fsp3) is 0.909. The molecule has 0 bridgehead atoms. The standard InChI is InChI=1S/C11H18F3NO3/c12-11(13,14)8-18-6-4-10(17)15-5-2-1-3-9(15)7-16/h9,16H,1-8H2. The number of carbonyl (C=O) groups is 1. The highest BCUT2D eigenvalue weighted by atomic mass is 19.4. The number of hydrogen-bond donors (Lipinski definition) is 1. The van der Waals surface area contributed by atoms with Crippen LogP contribution in [0.3, 0.4) is 0 Å². The van der Waals surface area contributed by atoms with E-state index in [4.69, 9.17) is 5.11 Å². The molecule has 1 unspecified atom stereocenters. The zero-order chi connectivity index (χ0) is 13.6. The van der Waals surface area contributed by atoms with Crippen molar-refractivity contribution in [1.29, 1.82) is 0 Å². The van der Waals surface area contributed by atoms with E-state index in [9.17, 15) is 18.0 Å². The molecule has 1 atom stereocenters. The van der Waals surface area contributed by atoms with E-state index in [2.05, 4.69) is 4.74 Å². The molecular weight excluding hydrogens is 251 g/mol. The quantitative estimate of drug-likeness (QED) is 0.766. The number of ether oxygens (including phenoxy) is 1. The van der Waals surface area contributed by atoms with Gasteiger partial charge in [-0.25, -0.2) is 0 Å². The molecule has 0 aromatic carbocycles. The lowest BCUT2D eigenvalue weighted by Crippen LogP contribution is -2.45. The Morgan fingerprint density at radius 3 is 2.72 bits per heavy atom. The fourth-order valence-corrected chi connectivity index (χ4v) is 2.01. The number of aliphatic hydroxyl groups excluding tert-OH is 1. The highest BCUT2D eigenvalue weighted by Gasteiger charge is 2.28. The lowest BCUT2D eigenvalue weighted by atomic mass is 10.0. The Morgan fingerprint density at radius 1 is 1.39 bits per heavy atom. The SMILES string of the molecule is O=C(CCOCC(F)(F)F)N1CCCCC1CO. The molecule has 1 saturated heterocycles. The maximum atomic E-state index is 11.8. The van der Waals surface area contributed by atoms with Crippen molar-refractivity contribution in [2.24, 2.45) is 0 Å². The zero-order valence-electron chi connectivity index (χ0n) is 10.1. The molecule has 1 heterocycles. The molecule has 1 amide bonds. The van der Waals surface area contributed by atoms with Gasteiger partial charge in [0.15, 0.2) is 0 Å². The highest BCUT2D eigenvalue weighted by molar-refractivity contribution is 5.76. The number of rotatable bonds is 5. The Kier molecular flexibility index (Phi) is 5.87.